The van der Waals surface area contributed by atoms with Crippen molar-refractivity contribution in [1.29, 1.82) is 0 Å². The number of ether oxygens (including phenoxy) is 1. The molecule has 0 saturated carbocycles. The summed E-state index contributed by atoms with van der Waals surface area (Å²) in [5.41, 5.74) is 8.44. The first-order valence-corrected chi connectivity index (χ1v) is 14.5. The van der Waals surface area contributed by atoms with Crippen molar-refractivity contribution in [3.05, 3.63) is 47.6 Å². The molecule has 2 atom stereocenters. The van der Waals surface area contributed by atoms with Crippen LogP contribution in [0.5, 0.6) is 5.88 Å². The number of thiazole rings is 1. The number of nitrogens with two attached hydrogens (primary N) is 1. The molecule has 2 saturated heterocycles. The highest BCUT2D eigenvalue weighted by Crippen LogP contribution is 2.20. The van der Waals surface area contributed by atoms with Gasteiger partial charge >= 0.3 is 11.8 Å². The highest BCUT2D eigenvalue weighted by Gasteiger charge is 2.26. The Morgan fingerprint density at radius 1 is 1.05 bits per heavy atom. The van der Waals surface area contributed by atoms with Gasteiger partial charge in [0, 0.05) is 19.6 Å². The topological polar surface area (TPSA) is 131 Å². The zero-order valence-electron chi connectivity index (χ0n) is 23.8. The zero-order valence-corrected chi connectivity index (χ0v) is 24.6. The molecule has 1 aromatic carbocycles. The van der Waals surface area contributed by atoms with Gasteiger partial charge in [0.1, 0.15) is 5.56 Å². The average molecular weight is 569 g/mol. The molecule has 2 unspecified atom stereocenters. The Hall–Kier alpha value is -3.57. The fraction of sp³-hybridized carbons (Fsp3) is 0.483. The molecule has 3 amide bonds. The lowest BCUT2D eigenvalue weighted by molar-refractivity contribution is -0.144. The van der Waals surface area contributed by atoms with Crippen molar-refractivity contribution in [3.8, 4) is 5.88 Å². The highest BCUT2D eigenvalue weighted by molar-refractivity contribution is 7.16. The number of piperidine rings is 2. The van der Waals surface area contributed by atoms with Crippen LogP contribution < -0.4 is 15.8 Å². The number of para-hydroxylation sites is 1. The molecular weight excluding hydrogens is 528 g/mol. The largest absolute Gasteiger partial charge is 0.480 e. The predicted octanol–water partition coefficient (Wildman–Crippen LogP) is 4.03. The molecule has 11 heteroatoms. The molecule has 0 aliphatic carbocycles. The number of carbonyl (C=O) groups is 3. The maximum Gasteiger partial charge on any atom is 0.313 e. The second-order valence-corrected chi connectivity index (χ2v) is 11.3. The molecule has 2 aliphatic heterocycles. The second kappa shape index (κ2) is 15.3. The molecule has 2 aromatic heterocycles. The van der Waals surface area contributed by atoms with Gasteiger partial charge in [-0.05, 0) is 69.3 Å². The van der Waals surface area contributed by atoms with Gasteiger partial charge in [0.2, 0.25) is 5.88 Å². The lowest BCUT2D eigenvalue weighted by Gasteiger charge is -2.30. The number of primary amides is 1. The van der Waals surface area contributed by atoms with Crippen molar-refractivity contribution in [3.63, 3.8) is 0 Å². The maximum absolute atomic E-state index is 12.2. The third-order valence-electron chi connectivity index (χ3n) is 6.80. The van der Waals surface area contributed by atoms with Gasteiger partial charge in [0.25, 0.3) is 5.91 Å². The summed E-state index contributed by atoms with van der Waals surface area (Å²) in [5.74, 6) is -0.707. The summed E-state index contributed by atoms with van der Waals surface area (Å²) >= 11 is 1.68. The molecule has 4 heterocycles. The van der Waals surface area contributed by atoms with Crippen LogP contribution in [-0.4, -0.2) is 77.8 Å². The monoisotopic (exact) mass is 568 g/mol. The summed E-state index contributed by atoms with van der Waals surface area (Å²) in [6.07, 6.45) is 6.07. The first-order valence-electron chi connectivity index (χ1n) is 13.6. The summed E-state index contributed by atoms with van der Waals surface area (Å²) in [6, 6.07) is 9.46. The van der Waals surface area contributed by atoms with Gasteiger partial charge in [-0.1, -0.05) is 26.0 Å². The Bertz CT molecular complexity index is 1240. The van der Waals surface area contributed by atoms with Crippen LogP contribution in [0.15, 0.2) is 42.0 Å². The number of methoxy groups -OCH3 is 1. The number of benzene rings is 1. The fourth-order valence-electron chi connectivity index (χ4n) is 4.79. The van der Waals surface area contributed by atoms with E-state index in [0.717, 1.165) is 24.3 Å². The van der Waals surface area contributed by atoms with Crippen LogP contribution in [0.2, 0.25) is 0 Å². The van der Waals surface area contributed by atoms with Gasteiger partial charge < -0.3 is 25.6 Å². The lowest BCUT2D eigenvalue weighted by atomic mass is 10.0. The molecule has 10 nitrogen and oxygen atoms in total. The number of aromatic nitrogens is 2. The lowest BCUT2D eigenvalue weighted by Crippen LogP contribution is -2.44. The SMILES string of the molecule is CC1CCCN(C)C1.COc1ncc(NC(=O)C(=O)N2CCCC(C)C2)cc1C(N)=O.c1ccc2scnc2c1. The minimum Gasteiger partial charge on any atom is -0.480 e. The number of nitrogens with one attached hydrogen (secondary N) is 1. The van der Waals surface area contributed by atoms with E-state index in [1.807, 2.05) is 30.6 Å². The average Bonchev–Trinajstić information content (AvgIpc) is 3.42. The van der Waals surface area contributed by atoms with Crippen molar-refractivity contribution in [1.82, 2.24) is 19.8 Å². The first kappa shape index (κ1) is 31.0. The van der Waals surface area contributed by atoms with Crippen LogP contribution in [0.1, 0.15) is 49.9 Å². The smallest absolute Gasteiger partial charge is 0.313 e. The Morgan fingerprint density at radius 3 is 2.35 bits per heavy atom. The van der Waals surface area contributed by atoms with Crippen LogP contribution >= 0.6 is 11.3 Å². The summed E-state index contributed by atoms with van der Waals surface area (Å²) < 4.78 is 6.18. The van der Waals surface area contributed by atoms with E-state index >= 15 is 0 Å². The Kier molecular flexibility index (Phi) is 11.8. The van der Waals surface area contributed by atoms with Crippen molar-refractivity contribution in [2.45, 2.75) is 39.5 Å². The molecule has 216 valence electrons. The summed E-state index contributed by atoms with van der Waals surface area (Å²) in [4.78, 5) is 47.6. The summed E-state index contributed by atoms with van der Waals surface area (Å²) in [7, 11) is 3.56. The zero-order chi connectivity index (χ0) is 29.1. The molecule has 3 aromatic rings. The molecule has 2 aliphatic rings. The summed E-state index contributed by atoms with van der Waals surface area (Å²) in [6.45, 7) is 8.13. The van der Waals surface area contributed by atoms with Crippen LogP contribution in [0.4, 0.5) is 5.69 Å². The normalized spacial score (nSPS) is 18.9. The van der Waals surface area contributed by atoms with Crippen LogP contribution in [0.3, 0.4) is 0 Å². The van der Waals surface area contributed by atoms with Gasteiger partial charge in [-0.25, -0.2) is 9.97 Å². The number of nitrogens with zero attached hydrogens (tertiary/aromatic N) is 4. The van der Waals surface area contributed by atoms with Crippen molar-refractivity contribution in [2.75, 3.05) is 45.7 Å². The quantitative estimate of drug-likeness (QED) is 0.456. The van der Waals surface area contributed by atoms with E-state index in [2.05, 4.69) is 40.2 Å². The molecule has 0 radical (unpaired) electrons. The van der Waals surface area contributed by atoms with Gasteiger partial charge in [0.05, 0.1) is 34.7 Å². The van der Waals surface area contributed by atoms with E-state index in [-0.39, 0.29) is 17.1 Å². The minimum atomic E-state index is -0.763. The summed E-state index contributed by atoms with van der Waals surface area (Å²) in [5, 5.41) is 2.44. The number of anilines is 1. The fourth-order valence-corrected chi connectivity index (χ4v) is 5.47. The van der Waals surface area contributed by atoms with E-state index < -0.39 is 17.7 Å². The van der Waals surface area contributed by atoms with Crippen molar-refractivity contribution >= 4 is 45.0 Å². The Labute approximate surface area is 239 Å². The van der Waals surface area contributed by atoms with Gasteiger partial charge in [0.15, 0.2) is 0 Å². The third kappa shape index (κ3) is 9.27. The van der Waals surface area contributed by atoms with E-state index in [9.17, 15) is 14.4 Å². The first-order chi connectivity index (χ1) is 19.2. The van der Waals surface area contributed by atoms with E-state index in [4.69, 9.17) is 10.5 Å². The van der Waals surface area contributed by atoms with Gasteiger partial charge in [-0.2, -0.15) is 0 Å². The van der Waals surface area contributed by atoms with Gasteiger partial charge in [-0.15, -0.1) is 11.3 Å². The molecule has 5 rings (SSSR count). The van der Waals surface area contributed by atoms with Crippen LogP contribution in [0, 0.1) is 11.8 Å². The number of amides is 3. The molecule has 40 heavy (non-hydrogen) atoms. The van der Waals surface area contributed by atoms with E-state index in [0.29, 0.717) is 19.0 Å². The molecular formula is C29H40N6O4S. The van der Waals surface area contributed by atoms with E-state index in [1.165, 1.54) is 54.9 Å². The third-order valence-corrected chi connectivity index (χ3v) is 7.61. The second-order valence-electron chi connectivity index (χ2n) is 10.4. The minimum absolute atomic E-state index is 0.0318. The molecule has 3 N–H and O–H groups in total. The van der Waals surface area contributed by atoms with Crippen molar-refractivity contribution < 1.29 is 19.1 Å². The van der Waals surface area contributed by atoms with Crippen LogP contribution in [0.25, 0.3) is 10.2 Å². The van der Waals surface area contributed by atoms with Crippen molar-refractivity contribution in [2.24, 2.45) is 17.6 Å². The van der Waals surface area contributed by atoms with Gasteiger partial charge in [-0.3, -0.25) is 14.4 Å². The molecule has 2 fully saturated rings. The Morgan fingerprint density at radius 2 is 1.75 bits per heavy atom. The van der Waals surface area contributed by atoms with E-state index in [1.54, 1.807) is 11.3 Å². The molecule has 0 spiro atoms. The Balaban J connectivity index is 0.000000208. The predicted molar refractivity (Wildman–Crippen MR) is 158 cm³/mol. The number of pyridine rings is 1. The maximum atomic E-state index is 12.2. The van der Waals surface area contributed by atoms with Crippen LogP contribution in [-0.2, 0) is 9.59 Å². The highest BCUT2D eigenvalue weighted by atomic mass is 32.1. The number of hydrogen-bond acceptors (Lipinski definition) is 8. The molecule has 0 bridgehead atoms. The standard InChI is InChI=1S/C15H20N4O4.C7H5NS.C7H15N/c1-9-4-3-5-19(8-9)15(22)13(21)18-10-6-11(12(16)20)14(23-2)17-7-10;1-2-4-7-6(3-1)8-5-9-7;1-7-4-3-5-8(2)6-7/h6-7,9H,3-5,8H2,1-2H3,(H2,16,20)(H,18,21);1-5H;7H,3-6H2,1-2H3. The number of carbonyl (C=O) groups excluding carboxylic acids is 3. The number of fused-ring (bicyclic) bond motifs is 1. The number of hydrogen-bond donors (Lipinski definition) is 2. The number of likely N-dealkylation sites (tertiary alicyclic amines) is 2. The number of rotatable bonds is 3.